The van der Waals surface area contributed by atoms with Crippen LogP contribution in [0.15, 0.2) is 29.6 Å². The van der Waals surface area contributed by atoms with E-state index in [0.717, 1.165) is 6.42 Å². The van der Waals surface area contributed by atoms with Crippen molar-refractivity contribution < 1.29 is 9.77 Å². The van der Waals surface area contributed by atoms with Crippen molar-refractivity contribution in [1.82, 2.24) is 0 Å². The van der Waals surface area contributed by atoms with E-state index in [4.69, 9.17) is 5.21 Å². The van der Waals surface area contributed by atoms with E-state index in [0.29, 0.717) is 6.54 Å². The zero-order chi connectivity index (χ0) is 20.1. The average Bonchev–Trinajstić information content (AvgIpc) is 2.72. The van der Waals surface area contributed by atoms with Crippen LogP contribution in [0, 0.1) is 0 Å². The van der Waals surface area contributed by atoms with Gasteiger partial charge in [0.15, 0.2) is 18.4 Å². The monoisotopic (exact) mass is 389 g/mol. The van der Waals surface area contributed by atoms with Crippen molar-refractivity contribution in [3.63, 3.8) is 0 Å². The smallest absolute Gasteiger partial charge is 0.187 e. The van der Waals surface area contributed by atoms with E-state index in [9.17, 15) is 0 Å². The van der Waals surface area contributed by atoms with Gasteiger partial charge in [0, 0.05) is 18.6 Å². The van der Waals surface area contributed by atoms with Crippen LogP contribution in [0.25, 0.3) is 0 Å². The van der Waals surface area contributed by atoms with E-state index in [1.807, 2.05) is 6.07 Å². The first-order valence-corrected chi connectivity index (χ1v) is 12.0. The summed E-state index contributed by atoms with van der Waals surface area (Å²) >= 11 is 0. The van der Waals surface area contributed by atoms with Gasteiger partial charge < -0.3 is 5.21 Å². The van der Waals surface area contributed by atoms with Gasteiger partial charge >= 0.3 is 0 Å². The summed E-state index contributed by atoms with van der Waals surface area (Å²) in [5, 5.41) is 11.7. The Bertz CT molecular complexity index is 487. The maximum atomic E-state index is 8.60. The Morgan fingerprint density at radius 2 is 1.25 bits per heavy atom. The van der Waals surface area contributed by atoms with Crippen LogP contribution in [0.4, 0.5) is 0 Å². The molecule has 1 rings (SSSR count). The lowest BCUT2D eigenvalue weighted by Crippen LogP contribution is -2.38. The Kier molecular flexibility index (Phi) is 16.7. The van der Waals surface area contributed by atoms with Gasteiger partial charge in [-0.15, -0.1) is 0 Å². The lowest BCUT2D eigenvalue weighted by atomic mass is 10.0. The third-order valence-electron chi connectivity index (χ3n) is 5.68. The molecule has 0 saturated heterocycles. The van der Waals surface area contributed by atoms with Crippen LogP contribution in [0.2, 0.25) is 0 Å². The molecule has 0 bridgehead atoms. The summed E-state index contributed by atoms with van der Waals surface area (Å²) in [6, 6.07) is 6.30. The van der Waals surface area contributed by atoms with Gasteiger partial charge in [0.2, 0.25) is 0 Å². The van der Waals surface area contributed by atoms with Crippen molar-refractivity contribution in [2.75, 3.05) is 0 Å². The van der Waals surface area contributed by atoms with Crippen LogP contribution in [-0.4, -0.2) is 11.4 Å². The Morgan fingerprint density at radius 1 is 0.750 bits per heavy atom. The first-order valence-electron chi connectivity index (χ1n) is 12.0. The Morgan fingerprint density at radius 3 is 1.75 bits per heavy atom. The standard InChI is InChI=1S/C25H44N2O/c1-2-3-4-5-6-7-8-9-10-11-12-13-14-15-16-17-20-25-21-18-19-23-27(25)24-22-26-28/h18-19,21-23H,2-17,20,24H2,1H3/p+1. The molecule has 0 atom stereocenters. The summed E-state index contributed by atoms with van der Waals surface area (Å²) in [5.74, 6) is 0. The number of unbranched alkanes of at least 4 members (excludes halogenated alkanes) is 15. The van der Waals surface area contributed by atoms with E-state index in [1.165, 1.54) is 115 Å². The van der Waals surface area contributed by atoms with Crippen molar-refractivity contribution >= 4 is 6.21 Å². The Balaban J connectivity index is 1.87. The molecule has 1 heterocycles. The molecule has 0 aromatic carbocycles. The number of hydrogen-bond acceptors (Lipinski definition) is 2. The van der Waals surface area contributed by atoms with E-state index < -0.39 is 0 Å². The van der Waals surface area contributed by atoms with Gasteiger partial charge in [-0.2, -0.15) is 4.57 Å². The number of aromatic nitrogens is 1. The number of oxime groups is 1. The minimum absolute atomic E-state index is 0.644. The predicted molar refractivity (Wildman–Crippen MR) is 120 cm³/mol. The summed E-state index contributed by atoms with van der Waals surface area (Å²) in [6.07, 6.45) is 27.2. The summed E-state index contributed by atoms with van der Waals surface area (Å²) in [5.41, 5.74) is 1.33. The van der Waals surface area contributed by atoms with Crippen LogP contribution in [0.1, 0.15) is 115 Å². The normalized spacial score (nSPS) is 11.5. The zero-order valence-corrected chi connectivity index (χ0v) is 18.5. The summed E-state index contributed by atoms with van der Waals surface area (Å²) in [7, 11) is 0. The third kappa shape index (κ3) is 13.7. The van der Waals surface area contributed by atoms with Gasteiger partial charge in [-0.1, -0.05) is 114 Å². The maximum Gasteiger partial charge on any atom is 0.187 e. The van der Waals surface area contributed by atoms with Crippen LogP contribution in [0.3, 0.4) is 0 Å². The highest BCUT2D eigenvalue weighted by atomic mass is 16.4. The largest absolute Gasteiger partial charge is 0.411 e. The van der Waals surface area contributed by atoms with E-state index >= 15 is 0 Å². The molecule has 0 fully saturated rings. The Hall–Kier alpha value is -1.38. The van der Waals surface area contributed by atoms with E-state index in [1.54, 1.807) is 0 Å². The second kappa shape index (κ2) is 19.0. The van der Waals surface area contributed by atoms with Crippen molar-refractivity contribution in [3.05, 3.63) is 30.1 Å². The molecule has 28 heavy (non-hydrogen) atoms. The van der Waals surface area contributed by atoms with Crippen molar-refractivity contribution in [1.29, 1.82) is 0 Å². The molecule has 0 radical (unpaired) electrons. The highest BCUT2D eigenvalue weighted by Gasteiger charge is 2.07. The molecule has 1 aromatic heterocycles. The lowest BCUT2D eigenvalue weighted by Gasteiger charge is -2.04. The van der Waals surface area contributed by atoms with Gasteiger partial charge in [-0.25, -0.2) is 0 Å². The maximum absolute atomic E-state index is 8.60. The fraction of sp³-hybridized carbons (Fsp3) is 0.760. The molecule has 1 N–H and O–H groups in total. The third-order valence-corrected chi connectivity index (χ3v) is 5.68. The highest BCUT2D eigenvalue weighted by molar-refractivity contribution is 5.53. The van der Waals surface area contributed by atoms with Crippen LogP contribution in [0.5, 0.6) is 0 Å². The SMILES string of the molecule is CCCCCCCCCCCCCCCCCCc1cccc[n+]1CC=NO. The molecule has 3 nitrogen and oxygen atoms in total. The molecule has 0 aliphatic heterocycles. The molecule has 0 aliphatic rings. The average molecular weight is 390 g/mol. The molecule has 0 amide bonds. The minimum atomic E-state index is 0.644. The zero-order valence-electron chi connectivity index (χ0n) is 18.5. The molecule has 0 saturated carbocycles. The number of aryl methyl sites for hydroxylation is 1. The summed E-state index contributed by atoms with van der Waals surface area (Å²) < 4.78 is 2.16. The second-order valence-corrected chi connectivity index (χ2v) is 8.20. The predicted octanol–water partition coefficient (Wildman–Crippen LogP) is 7.24. The number of rotatable bonds is 19. The number of hydrogen-bond donors (Lipinski definition) is 1. The molecule has 160 valence electrons. The Labute approximate surface area is 174 Å². The fourth-order valence-corrected chi connectivity index (χ4v) is 3.90. The van der Waals surface area contributed by atoms with Crippen molar-refractivity contribution in [3.8, 4) is 0 Å². The van der Waals surface area contributed by atoms with Crippen LogP contribution >= 0.6 is 0 Å². The van der Waals surface area contributed by atoms with Crippen molar-refractivity contribution in [2.45, 2.75) is 123 Å². The number of pyridine rings is 1. The van der Waals surface area contributed by atoms with Gasteiger partial charge in [-0.05, 0) is 6.42 Å². The van der Waals surface area contributed by atoms with Crippen molar-refractivity contribution in [2.24, 2.45) is 5.16 Å². The fourth-order valence-electron chi connectivity index (χ4n) is 3.90. The van der Waals surface area contributed by atoms with Gasteiger partial charge in [0.25, 0.3) is 0 Å². The van der Waals surface area contributed by atoms with E-state index in [2.05, 4.69) is 35.0 Å². The molecular formula is C25H45N2O+. The molecular weight excluding hydrogens is 344 g/mol. The molecule has 1 aromatic rings. The first kappa shape index (κ1) is 24.7. The topological polar surface area (TPSA) is 36.5 Å². The van der Waals surface area contributed by atoms with Gasteiger partial charge in [0.05, 0.1) is 0 Å². The first-order chi connectivity index (χ1) is 13.9. The van der Waals surface area contributed by atoms with E-state index in [-0.39, 0.29) is 0 Å². The van der Waals surface area contributed by atoms with Gasteiger partial charge in [-0.3, -0.25) is 0 Å². The van der Waals surface area contributed by atoms with Crippen LogP contribution in [-0.2, 0) is 13.0 Å². The minimum Gasteiger partial charge on any atom is -0.411 e. The second-order valence-electron chi connectivity index (χ2n) is 8.20. The quantitative estimate of drug-likeness (QED) is 0.0874. The van der Waals surface area contributed by atoms with Crippen LogP contribution < -0.4 is 4.57 Å². The van der Waals surface area contributed by atoms with Gasteiger partial charge in [0.1, 0.15) is 6.21 Å². The molecule has 0 unspecified atom stereocenters. The molecule has 0 aliphatic carbocycles. The number of nitrogens with zero attached hydrogens (tertiary/aromatic N) is 2. The molecule has 3 heteroatoms. The molecule has 0 spiro atoms. The summed E-state index contributed by atoms with van der Waals surface area (Å²) in [6.45, 7) is 2.93. The lowest BCUT2D eigenvalue weighted by molar-refractivity contribution is -0.688. The summed E-state index contributed by atoms with van der Waals surface area (Å²) in [4.78, 5) is 0. The highest BCUT2D eigenvalue weighted by Crippen LogP contribution is 2.14.